The van der Waals surface area contributed by atoms with E-state index in [2.05, 4.69) is 5.32 Å². The summed E-state index contributed by atoms with van der Waals surface area (Å²) in [5.41, 5.74) is 0. The third-order valence-corrected chi connectivity index (χ3v) is 3.73. The van der Waals surface area contributed by atoms with E-state index in [0.29, 0.717) is 6.04 Å². The maximum Gasteiger partial charge on any atom is 0.263 e. The van der Waals surface area contributed by atoms with Gasteiger partial charge in [-0.1, -0.05) is 6.07 Å². The lowest BCUT2D eigenvalue weighted by Crippen LogP contribution is -2.46. The summed E-state index contributed by atoms with van der Waals surface area (Å²) in [5.74, 6) is 0.152. The molecule has 16 heavy (non-hydrogen) atoms. The SMILES string of the molecule is CN(C(=O)c1cccs1)[C@H]1CCCNC1.Cl. The van der Waals surface area contributed by atoms with Crippen LogP contribution in [-0.4, -0.2) is 37.0 Å². The first-order valence-corrected chi connectivity index (χ1v) is 6.18. The van der Waals surface area contributed by atoms with Gasteiger partial charge in [-0.3, -0.25) is 4.79 Å². The molecule has 1 fully saturated rings. The molecule has 1 aromatic rings. The van der Waals surface area contributed by atoms with Crippen molar-refractivity contribution >= 4 is 29.7 Å². The van der Waals surface area contributed by atoms with Gasteiger partial charge in [-0.25, -0.2) is 0 Å². The third-order valence-electron chi connectivity index (χ3n) is 2.87. The smallest absolute Gasteiger partial charge is 0.263 e. The van der Waals surface area contributed by atoms with Gasteiger partial charge in [0.05, 0.1) is 4.88 Å². The number of carbonyl (C=O) groups excluding carboxylic acids is 1. The Morgan fingerprint density at radius 3 is 3.00 bits per heavy atom. The van der Waals surface area contributed by atoms with Crippen LogP contribution in [0.15, 0.2) is 17.5 Å². The minimum atomic E-state index is 0. The number of nitrogens with one attached hydrogen (secondary N) is 1. The number of rotatable bonds is 2. The van der Waals surface area contributed by atoms with E-state index < -0.39 is 0 Å². The second-order valence-corrected chi connectivity index (χ2v) is 4.84. The Balaban J connectivity index is 0.00000128. The number of hydrogen-bond donors (Lipinski definition) is 1. The first kappa shape index (κ1) is 13.5. The minimum Gasteiger partial charge on any atom is -0.337 e. The second kappa shape index (κ2) is 6.23. The number of thiophene rings is 1. The van der Waals surface area contributed by atoms with Gasteiger partial charge in [-0.2, -0.15) is 0 Å². The molecule has 0 bridgehead atoms. The number of piperidine rings is 1. The highest BCUT2D eigenvalue weighted by Crippen LogP contribution is 2.15. The number of carbonyl (C=O) groups is 1. The van der Waals surface area contributed by atoms with E-state index in [-0.39, 0.29) is 18.3 Å². The van der Waals surface area contributed by atoms with Crippen molar-refractivity contribution in [2.45, 2.75) is 18.9 Å². The number of hydrogen-bond acceptors (Lipinski definition) is 3. The van der Waals surface area contributed by atoms with Gasteiger partial charge in [0, 0.05) is 19.6 Å². The normalized spacial score (nSPS) is 19.9. The lowest BCUT2D eigenvalue weighted by atomic mass is 10.1. The lowest BCUT2D eigenvalue weighted by molar-refractivity contribution is 0.0713. The molecule has 0 radical (unpaired) electrons. The van der Waals surface area contributed by atoms with Gasteiger partial charge in [0.2, 0.25) is 0 Å². The van der Waals surface area contributed by atoms with E-state index in [1.54, 1.807) is 0 Å². The predicted octanol–water partition coefficient (Wildman–Crippen LogP) is 1.99. The fourth-order valence-corrected chi connectivity index (χ4v) is 2.61. The molecule has 1 aliphatic rings. The molecule has 2 heterocycles. The molecular weight excluding hydrogens is 244 g/mol. The van der Waals surface area contributed by atoms with Crippen LogP contribution in [0.3, 0.4) is 0 Å². The molecule has 90 valence electrons. The molecule has 1 amide bonds. The first-order valence-electron chi connectivity index (χ1n) is 5.30. The van der Waals surface area contributed by atoms with E-state index >= 15 is 0 Å². The molecule has 1 aliphatic heterocycles. The fraction of sp³-hybridized carbons (Fsp3) is 0.545. The molecule has 0 saturated carbocycles. The highest BCUT2D eigenvalue weighted by molar-refractivity contribution is 7.12. The van der Waals surface area contributed by atoms with Crippen molar-refractivity contribution in [3.63, 3.8) is 0 Å². The molecule has 0 spiro atoms. The minimum absolute atomic E-state index is 0. The van der Waals surface area contributed by atoms with E-state index in [0.717, 1.165) is 30.8 Å². The van der Waals surface area contributed by atoms with Crippen molar-refractivity contribution in [2.24, 2.45) is 0 Å². The van der Waals surface area contributed by atoms with Crippen LogP contribution in [0.5, 0.6) is 0 Å². The van der Waals surface area contributed by atoms with Crippen molar-refractivity contribution in [3.8, 4) is 0 Å². The van der Waals surface area contributed by atoms with Gasteiger partial charge >= 0.3 is 0 Å². The standard InChI is InChI=1S/C11H16N2OS.ClH/c1-13(9-4-2-6-12-8-9)11(14)10-5-3-7-15-10;/h3,5,7,9,12H,2,4,6,8H2,1H3;1H/t9-;/m0./s1. The number of amides is 1. The highest BCUT2D eigenvalue weighted by Gasteiger charge is 2.22. The Morgan fingerprint density at radius 2 is 2.44 bits per heavy atom. The van der Waals surface area contributed by atoms with Crippen LogP contribution < -0.4 is 5.32 Å². The molecule has 0 aliphatic carbocycles. The van der Waals surface area contributed by atoms with Crippen LogP contribution in [0.1, 0.15) is 22.5 Å². The van der Waals surface area contributed by atoms with Crippen LogP contribution in [-0.2, 0) is 0 Å². The Kier molecular flexibility index (Phi) is 5.25. The zero-order chi connectivity index (χ0) is 10.7. The second-order valence-electron chi connectivity index (χ2n) is 3.89. The number of likely N-dealkylation sites (N-methyl/N-ethyl adjacent to an activating group) is 1. The van der Waals surface area contributed by atoms with Crippen molar-refractivity contribution in [3.05, 3.63) is 22.4 Å². The quantitative estimate of drug-likeness (QED) is 0.882. The van der Waals surface area contributed by atoms with E-state index in [4.69, 9.17) is 0 Å². The van der Waals surface area contributed by atoms with Crippen molar-refractivity contribution < 1.29 is 4.79 Å². The van der Waals surface area contributed by atoms with Gasteiger partial charge in [0.25, 0.3) is 5.91 Å². The maximum absolute atomic E-state index is 12.0. The Labute approximate surface area is 106 Å². The van der Waals surface area contributed by atoms with E-state index in [1.165, 1.54) is 11.3 Å². The van der Waals surface area contributed by atoms with Crippen LogP contribution in [0.4, 0.5) is 0 Å². The summed E-state index contributed by atoms with van der Waals surface area (Å²) in [6.07, 6.45) is 2.27. The molecule has 1 N–H and O–H groups in total. The van der Waals surface area contributed by atoms with Crippen LogP contribution >= 0.6 is 23.7 Å². The maximum atomic E-state index is 12.0. The van der Waals surface area contributed by atoms with Gasteiger partial charge in [-0.15, -0.1) is 23.7 Å². The van der Waals surface area contributed by atoms with E-state index in [9.17, 15) is 4.79 Å². The average molecular weight is 261 g/mol. The predicted molar refractivity (Wildman–Crippen MR) is 69.6 cm³/mol. The summed E-state index contributed by atoms with van der Waals surface area (Å²) in [7, 11) is 1.90. The summed E-state index contributed by atoms with van der Waals surface area (Å²) in [6.45, 7) is 2.01. The molecule has 2 rings (SSSR count). The summed E-state index contributed by atoms with van der Waals surface area (Å²) in [5, 5.41) is 5.27. The number of nitrogens with zero attached hydrogens (tertiary/aromatic N) is 1. The van der Waals surface area contributed by atoms with Crippen molar-refractivity contribution in [2.75, 3.05) is 20.1 Å². The van der Waals surface area contributed by atoms with Gasteiger partial charge in [0.1, 0.15) is 0 Å². The highest BCUT2D eigenvalue weighted by atomic mass is 35.5. The number of halogens is 1. The Morgan fingerprint density at radius 1 is 1.62 bits per heavy atom. The van der Waals surface area contributed by atoms with Gasteiger partial charge in [-0.05, 0) is 30.8 Å². The lowest BCUT2D eigenvalue weighted by Gasteiger charge is -2.31. The molecule has 1 aromatic heterocycles. The molecule has 1 saturated heterocycles. The topological polar surface area (TPSA) is 32.3 Å². The van der Waals surface area contributed by atoms with Crippen LogP contribution in [0, 0.1) is 0 Å². The third kappa shape index (κ3) is 2.97. The van der Waals surface area contributed by atoms with Gasteiger partial charge < -0.3 is 10.2 Å². The van der Waals surface area contributed by atoms with Crippen LogP contribution in [0.25, 0.3) is 0 Å². The zero-order valence-electron chi connectivity index (χ0n) is 9.31. The van der Waals surface area contributed by atoms with E-state index in [1.807, 2.05) is 29.5 Å². The van der Waals surface area contributed by atoms with Crippen molar-refractivity contribution in [1.82, 2.24) is 10.2 Å². The average Bonchev–Trinajstić information content (AvgIpc) is 2.82. The summed E-state index contributed by atoms with van der Waals surface area (Å²) in [4.78, 5) is 14.7. The molecule has 1 atom stereocenters. The monoisotopic (exact) mass is 260 g/mol. The largest absolute Gasteiger partial charge is 0.337 e. The Bertz CT molecular complexity index is 323. The molecule has 0 aromatic carbocycles. The zero-order valence-corrected chi connectivity index (χ0v) is 10.9. The molecule has 3 nitrogen and oxygen atoms in total. The molecule has 5 heteroatoms. The summed E-state index contributed by atoms with van der Waals surface area (Å²) < 4.78 is 0. The molecule has 0 unspecified atom stereocenters. The van der Waals surface area contributed by atoms with Crippen LogP contribution in [0.2, 0.25) is 0 Å². The Hall–Kier alpha value is -0.580. The van der Waals surface area contributed by atoms with Gasteiger partial charge in [0.15, 0.2) is 0 Å². The fourth-order valence-electron chi connectivity index (χ4n) is 1.90. The van der Waals surface area contributed by atoms with Crippen molar-refractivity contribution in [1.29, 1.82) is 0 Å². The first-order chi connectivity index (χ1) is 7.29. The molecular formula is C11H17ClN2OS. The summed E-state index contributed by atoms with van der Waals surface area (Å²) >= 11 is 1.51. The summed E-state index contributed by atoms with van der Waals surface area (Å²) in [6, 6.07) is 4.17.